The zero-order valence-electron chi connectivity index (χ0n) is 15.6. The molecule has 0 aromatic carbocycles. The van der Waals surface area contributed by atoms with Gasteiger partial charge in [-0.15, -0.1) is 0 Å². The van der Waals surface area contributed by atoms with E-state index in [1.54, 1.807) is 0 Å². The molecule has 156 valence electrons. The van der Waals surface area contributed by atoms with Crippen LogP contribution in [0.15, 0.2) is 0 Å². The molecule has 0 aromatic rings. The van der Waals surface area contributed by atoms with Crippen molar-refractivity contribution < 1.29 is 31.0 Å². The van der Waals surface area contributed by atoms with Gasteiger partial charge < -0.3 is 10.2 Å². The van der Waals surface area contributed by atoms with Gasteiger partial charge in [-0.05, 0) is 56.3 Å². The van der Waals surface area contributed by atoms with Gasteiger partial charge in [0.05, 0.1) is 5.92 Å². The lowest BCUT2D eigenvalue weighted by Crippen LogP contribution is -2.42. The fourth-order valence-corrected chi connectivity index (χ4v) is 5.03. The lowest BCUT2D eigenvalue weighted by Gasteiger charge is -2.37. The van der Waals surface area contributed by atoms with E-state index >= 15 is 0 Å². The van der Waals surface area contributed by atoms with Gasteiger partial charge in [0, 0.05) is 15.7 Å². The van der Waals surface area contributed by atoms with Crippen LogP contribution in [0.4, 0.5) is 13.2 Å². The standard InChI is InChI=1S/C20H31F3O2.H2O.2H2/c1-12-2-4-13(5-3-12)14-6-8-15(9-7-14)20(24)25-16-10-17(21)19(23)18(22)11-16;;;/h12-19H,2-11H2,1H3;1H2;2*1H. The summed E-state index contributed by atoms with van der Waals surface area (Å²) in [5.74, 6) is 1.87. The second kappa shape index (κ2) is 9.43. The van der Waals surface area contributed by atoms with Crippen LogP contribution in [0, 0.1) is 23.7 Å². The highest BCUT2D eigenvalue weighted by molar-refractivity contribution is 5.72. The molecule has 2 atom stereocenters. The maximum Gasteiger partial charge on any atom is 0.309 e. The minimum absolute atomic E-state index is 0. The Morgan fingerprint density at radius 2 is 1.31 bits per heavy atom. The third-order valence-corrected chi connectivity index (χ3v) is 6.78. The number of carbonyl (C=O) groups excluding carboxylic acids is 1. The lowest BCUT2D eigenvalue weighted by molar-refractivity contribution is -0.161. The molecule has 0 spiro atoms. The van der Waals surface area contributed by atoms with E-state index in [-0.39, 0.29) is 33.1 Å². The number of hydrogen-bond acceptors (Lipinski definition) is 2. The number of ether oxygens (including phenoxy) is 1. The third-order valence-electron chi connectivity index (χ3n) is 6.78. The van der Waals surface area contributed by atoms with Crippen LogP contribution < -0.4 is 0 Å². The highest BCUT2D eigenvalue weighted by Crippen LogP contribution is 2.41. The van der Waals surface area contributed by atoms with Crippen LogP contribution in [-0.4, -0.2) is 36.1 Å². The van der Waals surface area contributed by atoms with Gasteiger partial charge in [0.2, 0.25) is 0 Å². The topological polar surface area (TPSA) is 57.8 Å². The second-order valence-electron chi connectivity index (χ2n) is 8.64. The third kappa shape index (κ3) is 5.14. The van der Waals surface area contributed by atoms with Gasteiger partial charge in [0.15, 0.2) is 6.17 Å². The first-order valence-corrected chi connectivity index (χ1v) is 10.1. The first-order valence-electron chi connectivity index (χ1n) is 10.1. The van der Waals surface area contributed by atoms with Crippen LogP contribution in [0.2, 0.25) is 0 Å². The maximum absolute atomic E-state index is 13.4. The van der Waals surface area contributed by atoms with E-state index < -0.39 is 24.6 Å². The monoisotopic (exact) mass is 382 g/mol. The average Bonchev–Trinajstić information content (AvgIpc) is 2.60. The molecule has 3 aliphatic carbocycles. The molecule has 0 bridgehead atoms. The van der Waals surface area contributed by atoms with Gasteiger partial charge in [0.25, 0.3) is 0 Å². The molecular formula is C20H37F3O3. The van der Waals surface area contributed by atoms with Crippen molar-refractivity contribution in [3.8, 4) is 0 Å². The summed E-state index contributed by atoms with van der Waals surface area (Å²) in [6.07, 6.45) is 1.90. The molecule has 0 aliphatic heterocycles. The van der Waals surface area contributed by atoms with Crippen LogP contribution in [0.1, 0.15) is 74.0 Å². The Hall–Kier alpha value is -0.780. The fraction of sp³-hybridized carbons (Fsp3) is 0.950. The van der Waals surface area contributed by atoms with Gasteiger partial charge in [-0.3, -0.25) is 4.79 Å². The summed E-state index contributed by atoms with van der Waals surface area (Å²) in [6, 6.07) is 0. The summed E-state index contributed by atoms with van der Waals surface area (Å²) < 4.78 is 45.4. The van der Waals surface area contributed by atoms with Gasteiger partial charge in [-0.1, -0.05) is 19.8 Å². The molecule has 3 nitrogen and oxygen atoms in total. The molecule has 0 heterocycles. The quantitative estimate of drug-likeness (QED) is 0.645. The van der Waals surface area contributed by atoms with E-state index in [1.807, 2.05) is 0 Å². The Labute approximate surface area is 157 Å². The van der Waals surface area contributed by atoms with Crippen molar-refractivity contribution in [3.63, 3.8) is 0 Å². The van der Waals surface area contributed by atoms with Gasteiger partial charge >= 0.3 is 5.97 Å². The Morgan fingerprint density at radius 1 is 0.846 bits per heavy atom. The van der Waals surface area contributed by atoms with Gasteiger partial charge in [-0.2, -0.15) is 0 Å². The molecule has 0 amide bonds. The predicted molar refractivity (Wildman–Crippen MR) is 98.2 cm³/mol. The highest BCUT2D eigenvalue weighted by Gasteiger charge is 2.41. The highest BCUT2D eigenvalue weighted by atomic mass is 19.2. The molecule has 0 radical (unpaired) electrons. The zero-order valence-corrected chi connectivity index (χ0v) is 15.6. The van der Waals surface area contributed by atoms with E-state index in [1.165, 1.54) is 25.7 Å². The van der Waals surface area contributed by atoms with Gasteiger partial charge in [-0.25, -0.2) is 13.2 Å². The molecule has 2 N–H and O–H groups in total. The Morgan fingerprint density at radius 3 is 1.81 bits per heavy atom. The molecule has 3 rings (SSSR count). The molecule has 0 aromatic heterocycles. The average molecular weight is 383 g/mol. The van der Waals surface area contributed by atoms with Crippen molar-refractivity contribution in [2.24, 2.45) is 23.7 Å². The molecule has 6 heteroatoms. The number of hydrogen-bond donors (Lipinski definition) is 0. The van der Waals surface area contributed by atoms with Crippen molar-refractivity contribution in [3.05, 3.63) is 0 Å². The number of alkyl halides is 3. The maximum atomic E-state index is 13.4. The van der Waals surface area contributed by atoms with Crippen LogP contribution in [-0.2, 0) is 9.53 Å². The number of esters is 1. The number of halogens is 3. The molecule has 2 unspecified atom stereocenters. The molecule has 3 aliphatic rings. The predicted octanol–water partition coefficient (Wildman–Crippen LogP) is 5.01. The molecular weight excluding hydrogens is 345 g/mol. The lowest BCUT2D eigenvalue weighted by atomic mass is 9.69. The van der Waals surface area contributed by atoms with E-state index in [4.69, 9.17) is 4.74 Å². The molecule has 26 heavy (non-hydrogen) atoms. The summed E-state index contributed by atoms with van der Waals surface area (Å²) in [5.41, 5.74) is 0. The van der Waals surface area contributed by atoms with Crippen LogP contribution in [0.25, 0.3) is 0 Å². The molecule has 0 saturated heterocycles. The minimum Gasteiger partial charge on any atom is -0.462 e. The summed E-state index contributed by atoms with van der Waals surface area (Å²) in [4.78, 5) is 12.3. The zero-order chi connectivity index (χ0) is 18.0. The van der Waals surface area contributed by atoms with Crippen molar-refractivity contribution >= 4 is 5.97 Å². The van der Waals surface area contributed by atoms with E-state index in [2.05, 4.69) is 6.92 Å². The second-order valence-corrected chi connectivity index (χ2v) is 8.64. The summed E-state index contributed by atoms with van der Waals surface area (Å²) >= 11 is 0. The number of carbonyl (C=O) groups is 1. The van der Waals surface area contributed by atoms with Crippen LogP contribution >= 0.6 is 0 Å². The Balaban J connectivity index is 0.00000243. The normalized spacial score (nSPS) is 44.0. The van der Waals surface area contributed by atoms with E-state index in [9.17, 15) is 18.0 Å². The minimum atomic E-state index is -2.08. The van der Waals surface area contributed by atoms with Crippen molar-refractivity contribution in [2.45, 2.75) is 95.8 Å². The fourth-order valence-electron chi connectivity index (χ4n) is 5.03. The smallest absolute Gasteiger partial charge is 0.309 e. The van der Waals surface area contributed by atoms with Crippen LogP contribution in [0.5, 0.6) is 0 Å². The first kappa shape index (κ1) is 21.5. The SMILES string of the molecule is CC1CCC(C2CCC(C(=O)OC3CC(F)C(F)C(F)C3)CC2)CC1.O.[HH].[HH]. The largest absolute Gasteiger partial charge is 0.462 e. The van der Waals surface area contributed by atoms with Gasteiger partial charge in [0.1, 0.15) is 18.4 Å². The summed E-state index contributed by atoms with van der Waals surface area (Å²) in [7, 11) is 0. The Bertz CT molecular complexity index is 444. The Kier molecular flexibility index (Phi) is 7.80. The summed E-state index contributed by atoms with van der Waals surface area (Å²) in [6.45, 7) is 2.32. The van der Waals surface area contributed by atoms with Crippen LogP contribution in [0.3, 0.4) is 0 Å². The van der Waals surface area contributed by atoms with Crippen molar-refractivity contribution in [2.75, 3.05) is 0 Å². The number of rotatable bonds is 3. The molecule has 3 fully saturated rings. The molecule has 3 saturated carbocycles. The van der Waals surface area contributed by atoms with Crippen molar-refractivity contribution in [1.82, 2.24) is 0 Å². The summed E-state index contributed by atoms with van der Waals surface area (Å²) in [5, 5.41) is 0. The first-order chi connectivity index (χ1) is 11.9. The van der Waals surface area contributed by atoms with Crippen molar-refractivity contribution in [1.29, 1.82) is 0 Å². The van der Waals surface area contributed by atoms with E-state index in [0.29, 0.717) is 5.92 Å². The van der Waals surface area contributed by atoms with E-state index in [0.717, 1.165) is 37.5 Å².